The summed E-state index contributed by atoms with van der Waals surface area (Å²) in [5.74, 6) is -1.28. The maximum absolute atomic E-state index is 11.5. The second kappa shape index (κ2) is 7.31. The molecule has 0 radical (unpaired) electrons. The zero-order valence-electron chi connectivity index (χ0n) is 13.6. The lowest BCUT2D eigenvalue weighted by Crippen LogP contribution is -2.02. The van der Waals surface area contributed by atoms with Crippen LogP contribution in [0.4, 0.5) is 0 Å². The molecule has 2 aromatic carbocycles. The highest BCUT2D eigenvalue weighted by atomic mass is 32.2. The van der Waals surface area contributed by atoms with Crippen LogP contribution in [0.3, 0.4) is 0 Å². The molecule has 0 aliphatic carbocycles. The first-order valence-corrected chi connectivity index (χ1v) is 9.10. The normalized spacial score (nSPS) is 11.8. The Morgan fingerprint density at radius 1 is 1.00 bits per heavy atom. The Morgan fingerprint density at radius 2 is 1.56 bits per heavy atom. The number of rotatable bonds is 5. The molecule has 130 valence electrons. The first kappa shape index (κ1) is 18.4. The molecule has 0 heterocycles. The van der Waals surface area contributed by atoms with E-state index < -0.39 is 21.8 Å². The molecule has 0 spiro atoms. The number of carbonyl (C=O) groups is 2. The van der Waals surface area contributed by atoms with E-state index >= 15 is 0 Å². The minimum Gasteiger partial charge on any atom is -0.478 e. The summed E-state index contributed by atoms with van der Waals surface area (Å²) in [7, 11) is -3.31. The quantitative estimate of drug-likeness (QED) is 0.381. The van der Waals surface area contributed by atoms with E-state index in [1.165, 1.54) is 61.5 Å². The molecule has 0 atom stereocenters. The average Bonchev–Trinajstić information content (AvgIpc) is 2.52. The summed E-state index contributed by atoms with van der Waals surface area (Å²) < 4.78 is 27.8. The molecular formula is C18H16O6S. The van der Waals surface area contributed by atoms with E-state index in [1.54, 1.807) is 0 Å². The minimum atomic E-state index is -3.31. The van der Waals surface area contributed by atoms with Gasteiger partial charge in [0, 0.05) is 13.2 Å². The van der Waals surface area contributed by atoms with Gasteiger partial charge in [0.05, 0.1) is 10.5 Å². The standard InChI is InChI=1S/C18H16O6S/c1-12(19)24-15-7-5-14(6-8-15)17(18(20)21)11-13-3-9-16(10-4-13)25(2,22)23/h3-11H,1-2H3,(H,20,21)/b17-11+. The highest BCUT2D eigenvalue weighted by Crippen LogP contribution is 2.22. The Morgan fingerprint density at radius 3 is 2.00 bits per heavy atom. The van der Waals surface area contributed by atoms with Gasteiger partial charge < -0.3 is 9.84 Å². The summed E-state index contributed by atoms with van der Waals surface area (Å²) in [6, 6.07) is 12.0. The van der Waals surface area contributed by atoms with Crippen LogP contribution >= 0.6 is 0 Å². The lowest BCUT2D eigenvalue weighted by Gasteiger charge is -2.06. The van der Waals surface area contributed by atoms with Gasteiger partial charge in [-0.1, -0.05) is 24.3 Å². The molecule has 0 amide bonds. The Hall–Kier alpha value is -2.93. The van der Waals surface area contributed by atoms with Crippen molar-refractivity contribution < 1.29 is 27.9 Å². The molecule has 2 rings (SSSR count). The van der Waals surface area contributed by atoms with E-state index in [1.807, 2.05) is 0 Å². The number of carboxylic acid groups (broad SMARTS) is 1. The van der Waals surface area contributed by atoms with Crippen molar-refractivity contribution in [1.82, 2.24) is 0 Å². The lowest BCUT2D eigenvalue weighted by atomic mass is 10.0. The molecule has 0 saturated carbocycles. The SMILES string of the molecule is CC(=O)Oc1ccc(/C(=C\c2ccc(S(C)(=O)=O)cc2)C(=O)O)cc1. The van der Waals surface area contributed by atoms with Gasteiger partial charge in [-0.2, -0.15) is 0 Å². The van der Waals surface area contributed by atoms with Gasteiger partial charge in [0.2, 0.25) is 0 Å². The molecule has 0 aliphatic rings. The molecule has 2 aromatic rings. The number of benzene rings is 2. The molecule has 25 heavy (non-hydrogen) atoms. The first-order valence-electron chi connectivity index (χ1n) is 7.21. The third kappa shape index (κ3) is 5.02. The summed E-state index contributed by atoms with van der Waals surface area (Å²) in [6.07, 6.45) is 2.54. The van der Waals surface area contributed by atoms with Crippen molar-refractivity contribution in [2.75, 3.05) is 6.26 Å². The highest BCUT2D eigenvalue weighted by molar-refractivity contribution is 7.90. The average molecular weight is 360 g/mol. The van der Waals surface area contributed by atoms with Crippen molar-refractivity contribution in [2.24, 2.45) is 0 Å². The number of sulfone groups is 1. The Kier molecular flexibility index (Phi) is 5.38. The van der Waals surface area contributed by atoms with Gasteiger partial charge in [-0.05, 0) is 41.5 Å². The van der Waals surface area contributed by atoms with Crippen LogP contribution in [0.15, 0.2) is 53.4 Å². The van der Waals surface area contributed by atoms with E-state index in [0.717, 1.165) is 6.26 Å². The summed E-state index contributed by atoms with van der Waals surface area (Å²) >= 11 is 0. The van der Waals surface area contributed by atoms with Crippen LogP contribution in [0.5, 0.6) is 5.75 Å². The third-order valence-electron chi connectivity index (χ3n) is 3.28. The van der Waals surface area contributed by atoms with Crippen molar-refractivity contribution in [2.45, 2.75) is 11.8 Å². The lowest BCUT2D eigenvalue weighted by molar-refractivity contribution is -0.132. The number of aliphatic carboxylic acids is 1. The predicted octanol–water partition coefficient (Wildman–Crippen LogP) is 2.64. The Balaban J connectivity index is 2.36. The Labute approximate surface area is 145 Å². The molecule has 0 aliphatic heterocycles. The smallest absolute Gasteiger partial charge is 0.336 e. The maximum Gasteiger partial charge on any atom is 0.336 e. The third-order valence-corrected chi connectivity index (χ3v) is 4.41. The first-order chi connectivity index (χ1) is 11.7. The largest absolute Gasteiger partial charge is 0.478 e. The summed E-state index contributed by atoms with van der Waals surface area (Å²) in [5.41, 5.74) is 1.01. The molecule has 0 fully saturated rings. The fraction of sp³-hybridized carbons (Fsp3) is 0.111. The number of ether oxygens (including phenoxy) is 1. The monoisotopic (exact) mass is 360 g/mol. The zero-order chi connectivity index (χ0) is 18.6. The van der Waals surface area contributed by atoms with Crippen molar-refractivity contribution in [3.05, 3.63) is 59.7 Å². The van der Waals surface area contributed by atoms with Gasteiger partial charge in [-0.15, -0.1) is 0 Å². The molecule has 0 unspecified atom stereocenters. The summed E-state index contributed by atoms with van der Waals surface area (Å²) in [6.45, 7) is 1.27. The van der Waals surface area contributed by atoms with Crippen LogP contribution < -0.4 is 4.74 Å². The topological polar surface area (TPSA) is 97.7 Å². The number of hydrogen-bond acceptors (Lipinski definition) is 5. The van der Waals surface area contributed by atoms with Gasteiger partial charge in [0.25, 0.3) is 0 Å². The van der Waals surface area contributed by atoms with Crippen molar-refractivity contribution >= 4 is 33.4 Å². The second-order valence-electron chi connectivity index (χ2n) is 5.32. The number of carboxylic acids is 1. The van der Waals surface area contributed by atoms with Crippen LogP contribution in [0.25, 0.3) is 11.6 Å². The van der Waals surface area contributed by atoms with E-state index in [0.29, 0.717) is 16.9 Å². The molecule has 0 saturated heterocycles. The van der Waals surface area contributed by atoms with Crippen LogP contribution in [-0.2, 0) is 19.4 Å². The minimum absolute atomic E-state index is 0.0291. The predicted molar refractivity (Wildman–Crippen MR) is 92.8 cm³/mol. The summed E-state index contributed by atoms with van der Waals surface area (Å²) in [4.78, 5) is 22.6. The van der Waals surface area contributed by atoms with Crippen LogP contribution in [-0.4, -0.2) is 31.7 Å². The van der Waals surface area contributed by atoms with Crippen molar-refractivity contribution in [3.63, 3.8) is 0 Å². The van der Waals surface area contributed by atoms with Gasteiger partial charge in [-0.25, -0.2) is 13.2 Å². The van der Waals surface area contributed by atoms with Crippen molar-refractivity contribution in [3.8, 4) is 5.75 Å². The molecular weight excluding hydrogens is 344 g/mol. The van der Waals surface area contributed by atoms with E-state index in [-0.39, 0.29) is 10.5 Å². The van der Waals surface area contributed by atoms with Crippen LogP contribution in [0, 0.1) is 0 Å². The van der Waals surface area contributed by atoms with Crippen LogP contribution in [0.2, 0.25) is 0 Å². The Bertz CT molecular complexity index is 923. The molecule has 1 N–H and O–H groups in total. The maximum atomic E-state index is 11.5. The van der Waals surface area contributed by atoms with Gasteiger partial charge >= 0.3 is 11.9 Å². The van der Waals surface area contributed by atoms with Gasteiger partial charge in [0.1, 0.15) is 5.75 Å². The van der Waals surface area contributed by atoms with E-state index in [4.69, 9.17) is 4.74 Å². The van der Waals surface area contributed by atoms with E-state index in [9.17, 15) is 23.1 Å². The number of hydrogen-bond donors (Lipinski definition) is 1. The second-order valence-corrected chi connectivity index (χ2v) is 7.34. The highest BCUT2D eigenvalue weighted by Gasteiger charge is 2.12. The van der Waals surface area contributed by atoms with Gasteiger partial charge in [-0.3, -0.25) is 4.79 Å². The zero-order valence-corrected chi connectivity index (χ0v) is 14.4. The number of carbonyl (C=O) groups excluding carboxylic acids is 1. The van der Waals surface area contributed by atoms with Gasteiger partial charge in [0.15, 0.2) is 9.84 Å². The molecule has 6 nitrogen and oxygen atoms in total. The van der Waals surface area contributed by atoms with Crippen LogP contribution in [0.1, 0.15) is 18.1 Å². The molecule has 0 bridgehead atoms. The fourth-order valence-corrected chi connectivity index (χ4v) is 2.75. The molecule has 7 heteroatoms. The number of esters is 1. The fourth-order valence-electron chi connectivity index (χ4n) is 2.11. The van der Waals surface area contributed by atoms with E-state index in [2.05, 4.69) is 0 Å². The summed E-state index contributed by atoms with van der Waals surface area (Å²) in [5, 5.41) is 9.44. The van der Waals surface area contributed by atoms with Crippen molar-refractivity contribution in [1.29, 1.82) is 0 Å². The molecule has 0 aromatic heterocycles.